The topological polar surface area (TPSA) is 50.5 Å². The van der Waals surface area contributed by atoms with Gasteiger partial charge in [-0.15, -0.1) is 0 Å². The van der Waals surface area contributed by atoms with E-state index in [0.717, 1.165) is 42.1 Å². The zero-order valence-corrected chi connectivity index (χ0v) is 13.7. The van der Waals surface area contributed by atoms with Crippen LogP contribution in [0.5, 0.6) is 0 Å². The molecule has 1 aliphatic rings. The molecule has 4 heterocycles. The van der Waals surface area contributed by atoms with Crippen molar-refractivity contribution >= 4 is 11.6 Å². The molecule has 5 heteroatoms. The summed E-state index contributed by atoms with van der Waals surface area (Å²) in [7, 11) is 0. The van der Waals surface area contributed by atoms with Crippen LogP contribution in [0.15, 0.2) is 48.8 Å². The summed E-state index contributed by atoms with van der Waals surface area (Å²) in [6, 6.07) is 11.9. The summed E-state index contributed by atoms with van der Waals surface area (Å²) in [6.45, 7) is 2.80. The van der Waals surface area contributed by atoms with Crippen LogP contribution in [0.1, 0.15) is 36.0 Å². The minimum absolute atomic E-state index is 0.110. The molecule has 1 fully saturated rings. The Morgan fingerprint density at radius 1 is 1.25 bits per heavy atom. The van der Waals surface area contributed by atoms with E-state index in [-0.39, 0.29) is 11.9 Å². The minimum Gasteiger partial charge on any atom is -0.334 e. The van der Waals surface area contributed by atoms with E-state index in [4.69, 9.17) is 0 Å². The second kappa shape index (κ2) is 6.07. The predicted molar refractivity (Wildman–Crippen MR) is 91.6 cm³/mol. The number of fused-ring (bicyclic) bond motifs is 1. The normalized spacial score (nSPS) is 17.5. The summed E-state index contributed by atoms with van der Waals surface area (Å²) in [5.74, 6) is 0.144. The Labute approximate surface area is 141 Å². The van der Waals surface area contributed by atoms with Crippen molar-refractivity contribution in [1.82, 2.24) is 19.3 Å². The fraction of sp³-hybridized carbons (Fsp3) is 0.316. The third-order valence-corrected chi connectivity index (χ3v) is 4.62. The van der Waals surface area contributed by atoms with Gasteiger partial charge in [0.25, 0.3) is 0 Å². The third-order valence-electron chi connectivity index (χ3n) is 4.62. The number of nitrogens with zero attached hydrogens (tertiary/aromatic N) is 4. The first-order valence-electron chi connectivity index (χ1n) is 8.36. The molecule has 3 aromatic rings. The van der Waals surface area contributed by atoms with Crippen molar-refractivity contribution in [3.8, 4) is 0 Å². The minimum atomic E-state index is 0.110. The first-order chi connectivity index (χ1) is 11.7. The highest BCUT2D eigenvalue weighted by Crippen LogP contribution is 2.32. The molecule has 0 spiro atoms. The van der Waals surface area contributed by atoms with Gasteiger partial charge in [-0.3, -0.25) is 9.78 Å². The first-order valence-corrected chi connectivity index (χ1v) is 8.36. The highest BCUT2D eigenvalue weighted by atomic mass is 16.2. The van der Waals surface area contributed by atoms with Crippen LogP contribution in [0.3, 0.4) is 0 Å². The smallest absolute Gasteiger partial charge is 0.229 e. The van der Waals surface area contributed by atoms with Crippen LogP contribution in [0, 0.1) is 6.92 Å². The van der Waals surface area contributed by atoms with Crippen LogP contribution in [0.25, 0.3) is 5.65 Å². The molecule has 1 aliphatic heterocycles. The zero-order chi connectivity index (χ0) is 16.5. The number of hydrogen-bond donors (Lipinski definition) is 0. The number of hydrogen-bond acceptors (Lipinski definition) is 3. The summed E-state index contributed by atoms with van der Waals surface area (Å²) in [4.78, 5) is 23.6. The highest BCUT2D eigenvalue weighted by Gasteiger charge is 2.31. The van der Waals surface area contributed by atoms with Crippen molar-refractivity contribution in [2.24, 2.45) is 0 Å². The van der Waals surface area contributed by atoms with E-state index in [9.17, 15) is 4.79 Å². The SMILES string of the molecule is Cc1cn2c([C@@H]3CCCN3C(=O)Cc3ccccn3)cccc2n1. The quantitative estimate of drug-likeness (QED) is 0.745. The van der Waals surface area contributed by atoms with Gasteiger partial charge in [-0.1, -0.05) is 12.1 Å². The number of aryl methyl sites for hydroxylation is 1. The lowest BCUT2D eigenvalue weighted by Gasteiger charge is -2.25. The Kier molecular flexibility index (Phi) is 3.76. The van der Waals surface area contributed by atoms with Crippen molar-refractivity contribution in [1.29, 1.82) is 0 Å². The molecule has 0 saturated carbocycles. The molecule has 0 aromatic carbocycles. The number of amides is 1. The van der Waals surface area contributed by atoms with Crippen molar-refractivity contribution < 1.29 is 4.79 Å². The van der Waals surface area contributed by atoms with Crippen molar-refractivity contribution in [2.75, 3.05) is 6.54 Å². The number of imidazole rings is 1. The number of pyridine rings is 2. The molecular weight excluding hydrogens is 300 g/mol. The standard InChI is InChI=1S/C19H20N4O/c1-14-13-23-17(7-4-9-18(23)21-14)16-8-5-11-22(16)19(24)12-15-6-2-3-10-20-15/h2-4,6-7,9-10,13,16H,5,8,11-12H2,1H3/t16-/m0/s1. The van der Waals surface area contributed by atoms with Crippen molar-refractivity contribution in [3.63, 3.8) is 0 Å². The Morgan fingerprint density at radius 3 is 3.00 bits per heavy atom. The van der Waals surface area contributed by atoms with Gasteiger partial charge in [-0.05, 0) is 44.0 Å². The van der Waals surface area contributed by atoms with E-state index in [1.54, 1.807) is 6.20 Å². The molecule has 0 bridgehead atoms. The fourth-order valence-electron chi connectivity index (χ4n) is 3.56. The lowest BCUT2D eigenvalue weighted by Crippen LogP contribution is -2.32. The third kappa shape index (κ3) is 2.66. The Balaban J connectivity index is 1.63. The van der Waals surface area contributed by atoms with E-state index < -0.39 is 0 Å². The van der Waals surface area contributed by atoms with E-state index in [1.807, 2.05) is 48.4 Å². The van der Waals surface area contributed by atoms with Gasteiger partial charge >= 0.3 is 0 Å². The van der Waals surface area contributed by atoms with Gasteiger partial charge in [0.15, 0.2) is 0 Å². The Bertz CT molecular complexity index is 871. The lowest BCUT2D eigenvalue weighted by atomic mass is 10.1. The van der Waals surface area contributed by atoms with Crippen molar-refractivity contribution in [3.05, 3.63) is 65.9 Å². The Morgan fingerprint density at radius 2 is 2.17 bits per heavy atom. The molecule has 4 rings (SSSR count). The molecule has 1 saturated heterocycles. The first kappa shape index (κ1) is 14.9. The van der Waals surface area contributed by atoms with Gasteiger partial charge in [0.05, 0.1) is 18.2 Å². The van der Waals surface area contributed by atoms with Crippen LogP contribution in [-0.4, -0.2) is 31.7 Å². The van der Waals surface area contributed by atoms with Gasteiger partial charge < -0.3 is 9.30 Å². The molecule has 0 unspecified atom stereocenters. The maximum absolute atomic E-state index is 12.8. The summed E-state index contributed by atoms with van der Waals surface area (Å²) in [6.07, 6.45) is 6.16. The van der Waals surface area contributed by atoms with Gasteiger partial charge in [-0.2, -0.15) is 0 Å². The molecule has 1 atom stereocenters. The second-order valence-electron chi connectivity index (χ2n) is 6.30. The number of aromatic nitrogens is 3. The number of likely N-dealkylation sites (tertiary alicyclic amines) is 1. The molecule has 122 valence electrons. The van der Waals surface area contributed by atoms with Crippen LogP contribution >= 0.6 is 0 Å². The van der Waals surface area contributed by atoms with Gasteiger partial charge in [0.1, 0.15) is 5.65 Å². The number of carbonyl (C=O) groups excluding carboxylic acids is 1. The average molecular weight is 320 g/mol. The van der Waals surface area contributed by atoms with Gasteiger partial charge in [0.2, 0.25) is 5.91 Å². The van der Waals surface area contributed by atoms with E-state index in [1.165, 1.54) is 0 Å². The molecule has 1 amide bonds. The monoisotopic (exact) mass is 320 g/mol. The van der Waals surface area contributed by atoms with Gasteiger partial charge in [-0.25, -0.2) is 4.98 Å². The van der Waals surface area contributed by atoms with Gasteiger partial charge in [0, 0.05) is 30.3 Å². The maximum Gasteiger partial charge on any atom is 0.229 e. The molecule has 0 N–H and O–H groups in total. The summed E-state index contributed by atoms with van der Waals surface area (Å²) >= 11 is 0. The highest BCUT2D eigenvalue weighted by molar-refractivity contribution is 5.79. The van der Waals surface area contributed by atoms with Crippen LogP contribution in [-0.2, 0) is 11.2 Å². The summed E-state index contributed by atoms with van der Waals surface area (Å²) in [5, 5.41) is 0. The van der Waals surface area contributed by atoms with E-state index >= 15 is 0 Å². The number of rotatable bonds is 3. The van der Waals surface area contributed by atoms with Crippen molar-refractivity contribution in [2.45, 2.75) is 32.2 Å². The average Bonchev–Trinajstić information content (AvgIpc) is 3.20. The van der Waals surface area contributed by atoms with Crippen LogP contribution in [0.4, 0.5) is 0 Å². The molecule has 24 heavy (non-hydrogen) atoms. The lowest BCUT2D eigenvalue weighted by molar-refractivity contribution is -0.131. The molecule has 3 aromatic heterocycles. The van der Waals surface area contributed by atoms with E-state index in [2.05, 4.69) is 20.4 Å². The van der Waals surface area contributed by atoms with Crippen LogP contribution in [0.2, 0.25) is 0 Å². The second-order valence-corrected chi connectivity index (χ2v) is 6.30. The van der Waals surface area contributed by atoms with Crippen LogP contribution < -0.4 is 0 Å². The molecular formula is C19H20N4O. The molecule has 0 radical (unpaired) electrons. The molecule has 0 aliphatic carbocycles. The molecule has 5 nitrogen and oxygen atoms in total. The Hall–Kier alpha value is -2.69. The predicted octanol–water partition coefficient (Wildman–Crippen LogP) is 2.94. The fourth-order valence-corrected chi connectivity index (χ4v) is 3.56. The maximum atomic E-state index is 12.8. The summed E-state index contributed by atoms with van der Waals surface area (Å²) in [5.41, 5.74) is 3.89. The largest absolute Gasteiger partial charge is 0.334 e. The summed E-state index contributed by atoms with van der Waals surface area (Å²) < 4.78 is 2.12. The van der Waals surface area contributed by atoms with E-state index in [0.29, 0.717) is 6.42 Å². The number of carbonyl (C=O) groups is 1. The zero-order valence-electron chi connectivity index (χ0n) is 13.7.